The van der Waals surface area contributed by atoms with Gasteiger partial charge < -0.3 is 5.32 Å². The summed E-state index contributed by atoms with van der Waals surface area (Å²) in [4.78, 5) is 8.04. The van der Waals surface area contributed by atoms with Gasteiger partial charge in [0.15, 0.2) is 0 Å². The van der Waals surface area contributed by atoms with Gasteiger partial charge in [0.05, 0.1) is 6.04 Å². The van der Waals surface area contributed by atoms with Crippen molar-refractivity contribution in [2.45, 2.75) is 6.04 Å². The normalized spacial score (nSPS) is 18.4. The lowest BCUT2D eigenvalue weighted by molar-refractivity contribution is 0.200. The summed E-state index contributed by atoms with van der Waals surface area (Å²) in [5, 5.41) is 6.12. The summed E-state index contributed by atoms with van der Waals surface area (Å²) in [5.74, 6) is 0. The van der Waals surface area contributed by atoms with Gasteiger partial charge in [0.1, 0.15) is 5.15 Å². The molecule has 19 heavy (non-hydrogen) atoms. The van der Waals surface area contributed by atoms with Crippen LogP contribution in [0.5, 0.6) is 0 Å². The number of rotatable bonds is 3. The van der Waals surface area contributed by atoms with Gasteiger partial charge in [0, 0.05) is 42.8 Å². The van der Waals surface area contributed by atoms with Crippen LogP contribution in [0.2, 0.25) is 5.15 Å². The number of halogens is 1. The standard InChI is InChI=1S/C14H16ClN3S/c15-14-11(3-1-5-17-14)13(12-4-2-10-19-12)18-8-6-16-7-9-18/h1-5,10,13,16H,6-9H2/t13-/m0/s1. The first-order chi connectivity index (χ1) is 9.36. The molecule has 2 aromatic rings. The molecular weight excluding hydrogens is 278 g/mol. The highest BCUT2D eigenvalue weighted by molar-refractivity contribution is 7.10. The first-order valence-corrected chi connectivity index (χ1v) is 7.70. The smallest absolute Gasteiger partial charge is 0.134 e. The molecule has 3 rings (SSSR count). The molecule has 0 unspecified atom stereocenters. The van der Waals surface area contributed by atoms with Crippen molar-refractivity contribution in [1.82, 2.24) is 15.2 Å². The average molecular weight is 294 g/mol. The van der Waals surface area contributed by atoms with Gasteiger partial charge in [-0.05, 0) is 17.5 Å². The Kier molecular flexibility index (Phi) is 4.13. The molecule has 0 aromatic carbocycles. The SMILES string of the molecule is Clc1ncccc1[C@@H](c1cccs1)N1CCNCC1. The Balaban J connectivity index is 1.99. The minimum Gasteiger partial charge on any atom is -0.314 e. The summed E-state index contributed by atoms with van der Waals surface area (Å²) < 4.78 is 0. The lowest BCUT2D eigenvalue weighted by Gasteiger charge is -2.34. The third-order valence-corrected chi connectivity index (χ3v) is 4.65. The number of nitrogens with one attached hydrogen (secondary N) is 1. The number of hydrogen-bond donors (Lipinski definition) is 1. The zero-order chi connectivity index (χ0) is 13.1. The number of hydrogen-bond acceptors (Lipinski definition) is 4. The van der Waals surface area contributed by atoms with Gasteiger partial charge in [-0.25, -0.2) is 4.98 Å². The quantitative estimate of drug-likeness (QED) is 0.882. The Morgan fingerprint density at radius 2 is 2.11 bits per heavy atom. The Morgan fingerprint density at radius 3 is 2.79 bits per heavy atom. The summed E-state index contributed by atoms with van der Waals surface area (Å²) in [6.45, 7) is 4.13. The second kappa shape index (κ2) is 6.01. The van der Waals surface area contributed by atoms with Crippen LogP contribution in [-0.4, -0.2) is 36.1 Å². The minimum atomic E-state index is 0.225. The van der Waals surface area contributed by atoms with Gasteiger partial charge in [-0.15, -0.1) is 11.3 Å². The van der Waals surface area contributed by atoms with Crippen molar-refractivity contribution in [3.05, 3.63) is 51.4 Å². The van der Waals surface area contributed by atoms with Gasteiger partial charge in [0.2, 0.25) is 0 Å². The topological polar surface area (TPSA) is 28.2 Å². The number of aromatic nitrogens is 1. The predicted octanol–water partition coefficient (Wildman–Crippen LogP) is 2.79. The maximum absolute atomic E-state index is 6.31. The van der Waals surface area contributed by atoms with E-state index in [1.165, 1.54) is 4.88 Å². The lowest BCUT2D eigenvalue weighted by atomic mass is 10.0. The summed E-state index contributed by atoms with van der Waals surface area (Å²) in [6.07, 6.45) is 1.75. The molecular formula is C14H16ClN3S. The van der Waals surface area contributed by atoms with E-state index in [-0.39, 0.29) is 6.04 Å². The molecule has 0 saturated carbocycles. The Bertz CT molecular complexity index is 523. The van der Waals surface area contributed by atoms with Gasteiger partial charge >= 0.3 is 0 Å². The molecule has 2 aromatic heterocycles. The number of piperazine rings is 1. The highest BCUT2D eigenvalue weighted by Gasteiger charge is 2.26. The van der Waals surface area contributed by atoms with Crippen LogP contribution in [0.25, 0.3) is 0 Å². The molecule has 100 valence electrons. The molecule has 0 radical (unpaired) electrons. The van der Waals surface area contributed by atoms with E-state index >= 15 is 0 Å². The fourth-order valence-corrected chi connectivity index (χ4v) is 3.62. The van der Waals surface area contributed by atoms with Crippen LogP contribution in [0.15, 0.2) is 35.8 Å². The number of pyridine rings is 1. The van der Waals surface area contributed by atoms with Crippen LogP contribution in [0, 0.1) is 0 Å². The van der Waals surface area contributed by atoms with Crippen LogP contribution in [-0.2, 0) is 0 Å². The Labute approximate surface area is 122 Å². The molecule has 0 spiro atoms. The van der Waals surface area contributed by atoms with Crippen LogP contribution >= 0.6 is 22.9 Å². The largest absolute Gasteiger partial charge is 0.314 e. The van der Waals surface area contributed by atoms with E-state index in [1.807, 2.05) is 6.07 Å². The van der Waals surface area contributed by atoms with E-state index < -0.39 is 0 Å². The second-order valence-electron chi connectivity index (χ2n) is 4.59. The molecule has 0 aliphatic carbocycles. The molecule has 1 N–H and O–H groups in total. The summed E-state index contributed by atoms with van der Waals surface area (Å²) in [5.41, 5.74) is 1.11. The van der Waals surface area contributed by atoms with E-state index in [4.69, 9.17) is 11.6 Å². The van der Waals surface area contributed by atoms with Crippen LogP contribution < -0.4 is 5.32 Å². The van der Waals surface area contributed by atoms with Crippen molar-refractivity contribution in [3.63, 3.8) is 0 Å². The maximum atomic E-state index is 6.31. The molecule has 0 bridgehead atoms. The molecule has 1 aliphatic rings. The molecule has 1 atom stereocenters. The third-order valence-electron chi connectivity index (χ3n) is 3.41. The van der Waals surface area contributed by atoms with E-state index in [0.29, 0.717) is 5.15 Å². The van der Waals surface area contributed by atoms with Crippen molar-refractivity contribution in [3.8, 4) is 0 Å². The Morgan fingerprint density at radius 1 is 1.26 bits per heavy atom. The predicted molar refractivity (Wildman–Crippen MR) is 79.9 cm³/mol. The first-order valence-electron chi connectivity index (χ1n) is 6.45. The van der Waals surface area contributed by atoms with Crippen LogP contribution in [0.4, 0.5) is 0 Å². The van der Waals surface area contributed by atoms with Gasteiger partial charge in [0.25, 0.3) is 0 Å². The molecule has 3 nitrogen and oxygen atoms in total. The summed E-state index contributed by atoms with van der Waals surface area (Å²) in [7, 11) is 0. The number of thiophene rings is 1. The fourth-order valence-electron chi connectivity index (χ4n) is 2.52. The lowest BCUT2D eigenvalue weighted by Crippen LogP contribution is -2.45. The zero-order valence-corrected chi connectivity index (χ0v) is 12.1. The second-order valence-corrected chi connectivity index (χ2v) is 5.92. The van der Waals surface area contributed by atoms with Crippen molar-refractivity contribution >= 4 is 22.9 Å². The van der Waals surface area contributed by atoms with E-state index in [2.05, 4.69) is 38.8 Å². The van der Waals surface area contributed by atoms with Gasteiger partial charge in [-0.2, -0.15) is 0 Å². The molecule has 5 heteroatoms. The van der Waals surface area contributed by atoms with E-state index in [1.54, 1.807) is 17.5 Å². The van der Waals surface area contributed by atoms with Crippen LogP contribution in [0.1, 0.15) is 16.5 Å². The van der Waals surface area contributed by atoms with Crippen molar-refractivity contribution in [1.29, 1.82) is 0 Å². The maximum Gasteiger partial charge on any atom is 0.134 e. The van der Waals surface area contributed by atoms with E-state index in [9.17, 15) is 0 Å². The molecule has 1 fully saturated rings. The highest BCUT2D eigenvalue weighted by atomic mass is 35.5. The third kappa shape index (κ3) is 2.82. The molecule has 3 heterocycles. The monoisotopic (exact) mass is 293 g/mol. The molecule has 1 aliphatic heterocycles. The Hall–Kier alpha value is -0.940. The summed E-state index contributed by atoms with van der Waals surface area (Å²) in [6, 6.07) is 8.55. The van der Waals surface area contributed by atoms with Gasteiger partial charge in [-0.1, -0.05) is 23.7 Å². The zero-order valence-electron chi connectivity index (χ0n) is 10.6. The van der Waals surface area contributed by atoms with Crippen molar-refractivity contribution < 1.29 is 0 Å². The molecule has 1 saturated heterocycles. The fraction of sp³-hybridized carbons (Fsp3) is 0.357. The first kappa shape index (κ1) is 13.1. The minimum absolute atomic E-state index is 0.225. The van der Waals surface area contributed by atoms with Crippen molar-refractivity contribution in [2.75, 3.05) is 26.2 Å². The van der Waals surface area contributed by atoms with Crippen molar-refractivity contribution in [2.24, 2.45) is 0 Å². The van der Waals surface area contributed by atoms with E-state index in [0.717, 1.165) is 31.7 Å². The van der Waals surface area contributed by atoms with Crippen LogP contribution in [0.3, 0.4) is 0 Å². The highest BCUT2D eigenvalue weighted by Crippen LogP contribution is 2.34. The summed E-state index contributed by atoms with van der Waals surface area (Å²) >= 11 is 8.09. The molecule has 0 amide bonds. The number of nitrogens with zero attached hydrogens (tertiary/aromatic N) is 2. The average Bonchev–Trinajstić information content (AvgIpc) is 2.96. The van der Waals surface area contributed by atoms with Gasteiger partial charge in [-0.3, -0.25) is 4.90 Å².